The van der Waals surface area contributed by atoms with E-state index in [4.69, 9.17) is 9.47 Å². The molecular formula is C28H30FNO3. The van der Waals surface area contributed by atoms with E-state index in [1.807, 2.05) is 37.3 Å². The van der Waals surface area contributed by atoms with E-state index < -0.39 is 5.92 Å². The summed E-state index contributed by atoms with van der Waals surface area (Å²) < 4.78 is 25.7. The largest absolute Gasteiger partial charge is 0.492 e. The van der Waals surface area contributed by atoms with Crippen molar-refractivity contribution in [2.75, 3.05) is 20.3 Å². The van der Waals surface area contributed by atoms with Crippen LogP contribution in [0.3, 0.4) is 0 Å². The Morgan fingerprint density at radius 3 is 2.73 bits per heavy atom. The van der Waals surface area contributed by atoms with Gasteiger partial charge in [0.1, 0.15) is 18.2 Å². The first-order valence-corrected chi connectivity index (χ1v) is 11.3. The molecule has 0 radical (unpaired) electrons. The molecule has 0 saturated carbocycles. The Bertz CT molecular complexity index is 1140. The molecule has 0 saturated heterocycles. The average Bonchev–Trinajstić information content (AvgIpc) is 3.01. The highest BCUT2D eigenvalue weighted by Crippen LogP contribution is 2.33. The first-order valence-electron chi connectivity index (χ1n) is 11.3. The maximum absolute atomic E-state index is 14.9. The fraction of sp³-hybridized carbons (Fsp3) is 0.321. The number of halogens is 1. The maximum Gasteiger partial charge on any atom is 0.306 e. The Kier molecular flexibility index (Phi) is 7.09. The number of para-hydroxylation sites is 1. The third-order valence-corrected chi connectivity index (χ3v) is 6.33. The Morgan fingerprint density at radius 2 is 1.94 bits per heavy atom. The molecule has 0 fully saturated rings. The topological polar surface area (TPSA) is 38.8 Å². The van der Waals surface area contributed by atoms with E-state index in [9.17, 15) is 9.18 Å². The number of nitrogens with zero attached hydrogens (tertiary/aromatic N) is 1. The Labute approximate surface area is 195 Å². The average molecular weight is 448 g/mol. The zero-order valence-corrected chi connectivity index (χ0v) is 19.4. The predicted molar refractivity (Wildman–Crippen MR) is 127 cm³/mol. The number of aryl methyl sites for hydroxylation is 2. The van der Waals surface area contributed by atoms with Gasteiger partial charge in [0, 0.05) is 31.1 Å². The molecule has 5 heteroatoms. The molecule has 1 unspecified atom stereocenters. The molecule has 0 amide bonds. The molecule has 172 valence electrons. The van der Waals surface area contributed by atoms with Gasteiger partial charge in [0.05, 0.1) is 13.5 Å². The molecule has 0 aromatic heterocycles. The van der Waals surface area contributed by atoms with Crippen molar-refractivity contribution in [1.82, 2.24) is 4.90 Å². The number of hydrogen-bond donors (Lipinski definition) is 0. The maximum atomic E-state index is 14.9. The summed E-state index contributed by atoms with van der Waals surface area (Å²) in [6.45, 7) is 6.95. The lowest BCUT2D eigenvalue weighted by Crippen LogP contribution is -2.25. The fourth-order valence-electron chi connectivity index (χ4n) is 4.41. The molecule has 0 aliphatic carbocycles. The van der Waals surface area contributed by atoms with E-state index >= 15 is 0 Å². The zero-order valence-electron chi connectivity index (χ0n) is 19.4. The van der Waals surface area contributed by atoms with Gasteiger partial charge in [0.2, 0.25) is 0 Å². The van der Waals surface area contributed by atoms with Crippen molar-refractivity contribution in [2.24, 2.45) is 0 Å². The lowest BCUT2D eigenvalue weighted by molar-refractivity contribution is -0.140. The molecule has 1 atom stereocenters. The van der Waals surface area contributed by atoms with Gasteiger partial charge in [-0.05, 0) is 53.8 Å². The van der Waals surface area contributed by atoms with Gasteiger partial charge in [-0.25, -0.2) is 4.39 Å². The molecule has 33 heavy (non-hydrogen) atoms. The number of fused-ring (bicyclic) bond motifs is 1. The van der Waals surface area contributed by atoms with E-state index in [0.29, 0.717) is 12.2 Å². The number of ether oxygens (including phenoxy) is 2. The molecule has 0 spiro atoms. The molecule has 4 rings (SSSR count). The molecule has 4 nitrogen and oxygen atoms in total. The summed E-state index contributed by atoms with van der Waals surface area (Å²) in [7, 11) is 1.37. The summed E-state index contributed by atoms with van der Waals surface area (Å²) in [5, 5.41) is 0. The van der Waals surface area contributed by atoms with Crippen molar-refractivity contribution >= 4 is 5.97 Å². The van der Waals surface area contributed by atoms with Crippen LogP contribution in [0.4, 0.5) is 4.39 Å². The zero-order chi connectivity index (χ0) is 23.4. The van der Waals surface area contributed by atoms with Crippen LogP contribution in [0.5, 0.6) is 5.75 Å². The summed E-state index contributed by atoms with van der Waals surface area (Å²) in [4.78, 5) is 14.6. The molecule has 0 N–H and O–H groups in total. The van der Waals surface area contributed by atoms with Crippen molar-refractivity contribution in [2.45, 2.75) is 39.3 Å². The second-order valence-corrected chi connectivity index (χ2v) is 8.71. The minimum absolute atomic E-state index is 0.0872. The number of carbonyl (C=O) groups excluding carboxylic acids is 1. The first kappa shape index (κ1) is 23.0. The lowest BCUT2D eigenvalue weighted by Gasteiger charge is -2.23. The van der Waals surface area contributed by atoms with Crippen molar-refractivity contribution < 1.29 is 18.7 Å². The van der Waals surface area contributed by atoms with Crippen LogP contribution in [0.15, 0.2) is 60.7 Å². The number of benzene rings is 3. The van der Waals surface area contributed by atoms with E-state index in [0.717, 1.165) is 42.1 Å². The van der Waals surface area contributed by atoms with Crippen LogP contribution in [0, 0.1) is 19.7 Å². The number of hydrogen-bond acceptors (Lipinski definition) is 4. The van der Waals surface area contributed by atoms with Gasteiger partial charge < -0.3 is 9.47 Å². The Balaban J connectivity index is 1.64. The number of rotatable bonds is 6. The first-order chi connectivity index (χ1) is 15.9. The predicted octanol–water partition coefficient (Wildman–Crippen LogP) is 5.53. The standard InChI is InChI=1S/C28H30FNO3/c1-19-8-11-24(26(29)14-19)25(16-28(31)32-3)21-10-9-20(2)23(15-21)18-30-12-13-33-27-7-5-4-6-22(27)17-30/h4-11,14-15,25H,12-13,16-18H2,1-3H3. The molecule has 3 aromatic carbocycles. The smallest absolute Gasteiger partial charge is 0.306 e. The van der Waals surface area contributed by atoms with E-state index in [2.05, 4.69) is 30.0 Å². The van der Waals surface area contributed by atoms with E-state index in [1.165, 1.54) is 24.3 Å². The van der Waals surface area contributed by atoms with Gasteiger partial charge in [-0.2, -0.15) is 0 Å². The molecular weight excluding hydrogens is 417 g/mol. The van der Waals surface area contributed by atoms with E-state index in [-0.39, 0.29) is 18.2 Å². The van der Waals surface area contributed by atoms with Crippen LogP contribution < -0.4 is 4.74 Å². The molecule has 1 aliphatic rings. The fourth-order valence-corrected chi connectivity index (χ4v) is 4.41. The number of methoxy groups -OCH3 is 1. The molecule has 1 heterocycles. The molecule has 1 aliphatic heterocycles. The molecule has 0 bridgehead atoms. The van der Waals surface area contributed by atoms with Gasteiger partial charge in [-0.15, -0.1) is 0 Å². The summed E-state index contributed by atoms with van der Waals surface area (Å²) in [6, 6.07) is 19.5. The minimum atomic E-state index is -0.411. The monoisotopic (exact) mass is 447 g/mol. The third-order valence-electron chi connectivity index (χ3n) is 6.33. The highest BCUT2D eigenvalue weighted by atomic mass is 19.1. The highest BCUT2D eigenvalue weighted by molar-refractivity contribution is 5.71. The van der Waals surface area contributed by atoms with Crippen molar-refractivity contribution in [3.05, 3.63) is 99.9 Å². The second-order valence-electron chi connectivity index (χ2n) is 8.71. The second kappa shape index (κ2) is 10.2. The van der Waals surface area contributed by atoms with Crippen LogP contribution in [0.2, 0.25) is 0 Å². The minimum Gasteiger partial charge on any atom is -0.492 e. The van der Waals surface area contributed by atoms with Gasteiger partial charge in [-0.1, -0.05) is 48.5 Å². The number of esters is 1. The SMILES string of the molecule is COC(=O)CC(c1ccc(C)c(CN2CCOc3ccccc3C2)c1)c1ccc(C)cc1F. The van der Waals surface area contributed by atoms with Gasteiger partial charge >= 0.3 is 5.97 Å². The van der Waals surface area contributed by atoms with Crippen LogP contribution in [0.1, 0.15) is 45.7 Å². The summed E-state index contributed by atoms with van der Waals surface area (Å²) in [5.74, 6) is -0.125. The summed E-state index contributed by atoms with van der Waals surface area (Å²) >= 11 is 0. The van der Waals surface area contributed by atoms with Crippen LogP contribution >= 0.6 is 0 Å². The van der Waals surface area contributed by atoms with Gasteiger partial charge in [0.15, 0.2) is 0 Å². The lowest BCUT2D eigenvalue weighted by atomic mass is 9.86. The third kappa shape index (κ3) is 5.42. The van der Waals surface area contributed by atoms with Crippen LogP contribution in [-0.4, -0.2) is 31.1 Å². The van der Waals surface area contributed by atoms with Gasteiger partial charge in [-0.3, -0.25) is 9.69 Å². The van der Waals surface area contributed by atoms with E-state index in [1.54, 1.807) is 6.07 Å². The van der Waals surface area contributed by atoms with Crippen molar-refractivity contribution in [3.63, 3.8) is 0 Å². The highest BCUT2D eigenvalue weighted by Gasteiger charge is 2.23. The van der Waals surface area contributed by atoms with Crippen molar-refractivity contribution in [3.8, 4) is 5.75 Å². The summed E-state index contributed by atoms with van der Waals surface area (Å²) in [5.41, 5.74) is 5.77. The van der Waals surface area contributed by atoms with Crippen molar-refractivity contribution in [1.29, 1.82) is 0 Å². The molecule has 3 aromatic rings. The number of carbonyl (C=O) groups is 1. The van der Waals surface area contributed by atoms with Gasteiger partial charge in [0.25, 0.3) is 0 Å². The summed E-state index contributed by atoms with van der Waals surface area (Å²) in [6.07, 6.45) is 0.0872. The Morgan fingerprint density at radius 1 is 1.12 bits per heavy atom. The quantitative estimate of drug-likeness (QED) is 0.466. The van der Waals surface area contributed by atoms with Crippen LogP contribution in [0.25, 0.3) is 0 Å². The Hall–Kier alpha value is -3.18. The van der Waals surface area contributed by atoms with Crippen LogP contribution in [-0.2, 0) is 22.6 Å². The normalized spacial score (nSPS) is 14.7.